The van der Waals surface area contributed by atoms with Gasteiger partial charge in [0.1, 0.15) is 12.1 Å². The molecule has 8 nitrogen and oxygen atoms in total. The van der Waals surface area contributed by atoms with Gasteiger partial charge < -0.3 is 14.4 Å². The third kappa shape index (κ3) is 7.00. The Morgan fingerprint density at radius 2 is 2.00 bits per heavy atom. The first-order valence-corrected chi connectivity index (χ1v) is 8.83. The first-order chi connectivity index (χ1) is 10.5. The van der Waals surface area contributed by atoms with E-state index in [0.717, 1.165) is 11.8 Å². The predicted molar refractivity (Wildman–Crippen MR) is 84.0 cm³/mol. The van der Waals surface area contributed by atoms with Gasteiger partial charge in [-0.25, -0.2) is 17.9 Å². The van der Waals surface area contributed by atoms with Crippen molar-refractivity contribution >= 4 is 22.1 Å². The number of amides is 1. The van der Waals surface area contributed by atoms with Gasteiger partial charge in [0.25, 0.3) is 0 Å². The van der Waals surface area contributed by atoms with Gasteiger partial charge in [0.05, 0.1) is 13.2 Å². The maximum absolute atomic E-state index is 12.1. The van der Waals surface area contributed by atoms with Crippen LogP contribution in [0.1, 0.15) is 33.6 Å². The van der Waals surface area contributed by atoms with Crippen LogP contribution >= 0.6 is 0 Å². The Morgan fingerprint density at radius 3 is 2.57 bits per heavy atom. The van der Waals surface area contributed by atoms with Crippen LogP contribution in [-0.4, -0.2) is 57.2 Å². The highest BCUT2D eigenvalue weighted by Gasteiger charge is 2.30. The Labute approximate surface area is 136 Å². The van der Waals surface area contributed by atoms with Crippen LogP contribution in [0.25, 0.3) is 0 Å². The Hall–Kier alpha value is -1.61. The minimum absolute atomic E-state index is 0.348. The van der Waals surface area contributed by atoms with Crippen molar-refractivity contribution in [1.82, 2.24) is 9.62 Å². The number of esters is 1. The van der Waals surface area contributed by atoms with E-state index in [2.05, 4.69) is 9.46 Å². The van der Waals surface area contributed by atoms with Crippen molar-refractivity contribution in [2.75, 3.05) is 20.2 Å². The number of methoxy groups -OCH3 is 1. The van der Waals surface area contributed by atoms with E-state index in [1.54, 1.807) is 20.8 Å². The van der Waals surface area contributed by atoms with E-state index in [-0.39, 0.29) is 6.04 Å². The molecule has 1 atom stereocenters. The lowest BCUT2D eigenvalue weighted by atomic mass is 10.2. The second-order valence-electron chi connectivity index (χ2n) is 6.15. The molecule has 0 radical (unpaired) electrons. The third-order valence-corrected chi connectivity index (χ3v) is 4.11. The Bertz CT molecular complexity index is 564. The monoisotopic (exact) mass is 348 g/mol. The molecule has 0 aromatic rings. The lowest BCUT2D eigenvalue weighted by molar-refractivity contribution is -0.139. The molecule has 1 saturated heterocycles. The number of sulfonamides is 1. The van der Waals surface area contributed by atoms with Gasteiger partial charge in [-0.15, -0.1) is 0 Å². The molecule has 0 aromatic carbocycles. The lowest BCUT2D eigenvalue weighted by Crippen LogP contribution is -2.39. The summed E-state index contributed by atoms with van der Waals surface area (Å²) in [6.07, 6.45) is 2.38. The van der Waals surface area contributed by atoms with Gasteiger partial charge in [-0.05, 0) is 39.7 Å². The summed E-state index contributed by atoms with van der Waals surface area (Å²) in [5.41, 5.74) is -0.609. The summed E-state index contributed by atoms with van der Waals surface area (Å²) in [5.74, 6) is -0.682. The summed E-state index contributed by atoms with van der Waals surface area (Å²) >= 11 is 0. The molecule has 0 bridgehead atoms. The first kappa shape index (κ1) is 19.4. The molecule has 132 valence electrons. The minimum atomic E-state index is -3.77. The predicted octanol–water partition coefficient (Wildman–Crippen LogP) is 0.992. The molecule has 1 rings (SSSR count). The molecule has 0 spiro atoms. The van der Waals surface area contributed by atoms with Crippen molar-refractivity contribution in [2.45, 2.75) is 45.3 Å². The number of carbonyl (C=O) groups excluding carboxylic acids is 2. The van der Waals surface area contributed by atoms with Crippen LogP contribution in [0.15, 0.2) is 11.5 Å². The molecule has 1 N–H and O–H groups in total. The van der Waals surface area contributed by atoms with Crippen LogP contribution in [-0.2, 0) is 24.3 Å². The largest absolute Gasteiger partial charge is 0.468 e. The van der Waals surface area contributed by atoms with E-state index < -0.39 is 34.2 Å². The SMILES string of the molecule is COC(=O)CNS(=O)(=O)/C=C/C1CCCN1C(=O)OC(C)(C)C. The zero-order valence-corrected chi connectivity index (χ0v) is 14.7. The van der Waals surface area contributed by atoms with Gasteiger partial charge in [-0.3, -0.25) is 4.79 Å². The average molecular weight is 348 g/mol. The highest BCUT2D eigenvalue weighted by atomic mass is 32.2. The van der Waals surface area contributed by atoms with E-state index >= 15 is 0 Å². The van der Waals surface area contributed by atoms with Gasteiger partial charge in [0, 0.05) is 12.0 Å². The summed E-state index contributed by atoms with van der Waals surface area (Å²) in [6, 6.07) is -0.348. The van der Waals surface area contributed by atoms with Crippen LogP contribution in [0, 0.1) is 0 Å². The molecule has 1 heterocycles. The molecular weight excluding hydrogens is 324 g/mol. The van der Waals surface area contributed by atoms with Crippen molar-refractivity contribution in [2.24, 2.45) is 0 Å². The Morgan fingerprint density at radius 1 is 1.35 bits per heavy atom. The smallest absolute Gasteiger partial charge is 0.410 e. The van der Waals surface area contributed by atoms with Gasteiger partial charge in [0.2, 0.25) is 10.0 Å². The molecular formula is C14H24N2O6S. The molecule has 1 unspecified atom stereocenters. The molecule has 23 heavy (non-hydrogen) atoms. The summed E-state index contributed by atoms with van der Waals surface area (Å²) < 4.78 is 35.3. The number of hydrogen-bond acceptors (Lipinski definition) is 6. The maximum atomic E-state index is 12.1. The van der Waals surface area contributed by atoms with Crippen LogP contribution in [0.3, 0.4) is 0 Å². The van der Waals surface area contributed by atoms with E-state index in [9.17, 15) is 18.0 Å². The number of nitrogens with one attached hydrogen (secondary N) is 1. The van der Waals surface area contributed by atoms with Crippen molar-refractivity contribution in [1.29, 1.82) is 0 Å². The van der Waals surface area contributed by atoms with Gasteiger partial charge in [-0.1, -0.05) is 0 Å². The fourth-order valence-corrected chi connectivity index (χ4v) is 2.82. The summed E-state index contributed by atoms with van der Waals surface area (Å²) in [5, 5.41) is 0.962. The molecule has 0 aliphatic carbocycles. The zero-order valence-electron chi connectivity index (χ0n) is 13.9. The standard InChI is InChI=1S/C14H24N2O6S/c1-14(2,3)22-13(18)16-8-5-6-11(16)7-9-23(19,20)15-10-12(17)21-4/h7,9,11,15H,5-6,8,10H2,1-4H3/b9-7+. The number of rotatable bonds is 5. The summed E-state index contributed by atoms with van der Waals surface area (Å²) in [7, 11) is -2.60. The fourth-order valence-electron chi connectivity index (χ4n) is 2.01. The molecule has 0 aromatic heterocycles. The normalized spacial score (nSPS) is 19.1. The van der Waals surface area contributed by atoms with E-state index in [1.165, 1.54) is 18.1 Å². The second-order valence-corrected chi connectivity index (χ2v) is 7.80. The van der Waals surface area contributed by atoms with Crippen LogP contribution < -0.4 is 4.72 Å². The molecule has 1 amide bonds. The van der Waals surface area contributed by atoms with Gasteiger partial charge in [0.15, 0.2) is 0 Å². The van der Waals surface area contributed by atoms with E-state index in [1.807, 2.05) is 0 Å². The average Bonchev–Trinajstić information content (AvgIpc) is 2.89. The molecule has 1 fully saturated rings. The first-order valence-electron chi connectivity index (χ1n) is 7.28. The molecule has 1 aliphatic rings. The van der Waals surface area contributed by atoms with Gasteiger partial charge in [-0.2, -0.15) is 0 Å². The van der Waals surface area contributed by atoms with Crippen molar-refractivity contribution in [3.8, 4) is 0 Å². The lowest BCUT2D eigenvalue weighted by Gasteiger charge is -2.27. The minimum Gasteiger partial charge on any atom is -0.468 e. The van der Waals surface area contributed by atoms with E-state index in [0.29, 0.717) is 13.0 Å². The molecule has 1 aliphatic heterocycles. The van der Waals surface area contributed by atoms with Crippen LogP contribution in [0.5, 0.6) is 0 Å². The van der Waals surface area contributed by atoms with Gasteiger partial charge >= 0.3 is 12.1 Å². The van der Waals surface area contributed by atoms with Crippen molar-refractivity contribution in [3.63, 3.8) is 0 Å². The van der Waals surface area contributed by atoms with E-state index in [4.69, 9.17) is 4.74 Å². The summed E-state index contributed by atoms with van der Waals surface area (Å²) in [6.45, 7) is 5.39. The summed E-state index contributed by atoms with van der Waals surface area (Å²) in [4.78, 5) is 24.5. The number of hydrogen-bond donors (Lipinski definition) is 1. The third-order valence-electron chi connectivity index (χ3n) is 3.05. The Kier molecular flexibility index (Phi) is 6.57. The Balaban J connectivity index is 2.67. The maximum Gasteiger partial charge on any atom is 0.410 e. The molecule has 9 heteroatoms. The van der Waals surface area contributed by atoms with Crippen LogP contribution in [0.2, 0.25) is 0 Å². The quantitative estimate of drug-likeness (QED) is 0.744. The highest BCUT2D eigenvalue weighted by molar-refractivity contribution is 7.92. The second kappa shape index (κ2) is 7.78. The zero-order chi connectivity index (χ0) is 17.7. The van der Waals surface area contributed by atoms with Crippen molar-refractivity contribution < 1.29 is 27.5 Å². The highest BCUT2D eigenvalue weighted by Crippen LogP contribution is 2.21. The van der Waals surface area contributed by atoms with Crippen LogP contribution in [0.4, 0.5) is 4.79 Å². The number of carbonyl (C=O) groups is 2. The number of ether oxygens (including phenoxy) is 2. The number of likely N-dealkylation sites (tertiary alicyclic amines) is 1. The molecule has 0 saturated carbocycles. The topological polar surface area (TPSA) is 102 Å². The van der Waals surface area contributed by atoms with Crippen molar-refractivity contribution in [3.05, 3.63) is 11.5 Å². The fraction of sp³-hybridized carbons (Fsp3) is 0.714. The number of nitrogens with zero attached hydrogens (tertiary/aromatic N) is 1.